The number of likely N-dealkylation sites (tertiary alicyclic amines) is 1. The summed E-state index contributed by atoms with van der Waals surface area (Å²) in [6, 6.07) is 4.33. The summed E-state index contributed by atoms with van der Waals surface area (Å²) in [6.45, 7) is 3.13. The number of amides is 1. The number of halogens is 1. The molecule has 2 N–H and O–H groups in total. The molecule has 4 nitrogen and oxygen atoms in total. The van der Waals surface area contributed by atoms with Crippen LogP contribution in [-0.4, -0.2) is 30.0 Å². The number of benzene rings is 1. The maximum atomic E-state index is 13.6. The summed E-state index contributed by atoms with van der Waals surface area (Å²) in [4.78, 5) is 13.9. The summed E-state index contributed by atoms with van der Waals surface area (Å²) in [7, 11) is 0. The molecule has 1 aromatic rings. The normalized spacial score (nSPS) is 17.1. The molecule has 0 radical (unpaired) electrons. The smallest absolute Gasteiger partial charge is 0.263 e. The molecule has 0 aliphatic carbocycles. The highest BCUT2D eigenvalue weighted by atomic mass is 19.1. The van der Waals surface area contributed by atoms with Crippen LogP contribution in [0.2, 0.25) is 0 Å². The van der Waals surface area contributed by atoms with Gasteiger partial charge in [0.1, 0.15) is 0 Å². The molecule has 19 heavy (non-hydrogen) atoms. The monoisotopic (exact) mass is 266 g/mol. The number of anilines is 1. The standard InChI is InChI=1S/C14H19FN2O2/c1-10(14(18)17-8-3-2-4-9-17)19-13-11(15)6-5-7-12(13)16/h5-7,10H,2-4,8-9,16H2,1H3. The number of nitrogen functional groups attached to an aromatic ring is 1. The molecule has 1 aromatic carbocycles. The topological polar surface area (TPSA) is 55.6 Å². The highest BCUT2D eigenvalue weighted by Crippen LogP contribution is 2.26. The first-order chi connectivity index (χ1) is 9.09. The van der Waals surface area contributed by atoms with Gasteiger partial charge in [-0.2, -0.15) is 0 Å². The largest absolute Gasteiger partial charge is 0.476 e. The molecule has 1 aliphatic rings. The van der Waals surface area contributed by atoms with Crippen LogP contribution in [0, 0.1) is 5.82 Å². The highest BCUT2D eigenvalue weighted by Gasteiger charge is 2.24. The molecule has 0 aromatic heterocycles. The van der Waals surface area contributed by atoms with Gasteiger partial charge in [0.25, 0.3) is 5.91 Å². The van der Waals surface area contributed by atoms with Gasteiger partial charge in [-0.15, -0.1) is 0 Å². The van der Waals surface area contributed by atoms with E-state index in [0.29, 0.717) is 0 Å². The van der Waals surface area contributed by atoms with Crippen LogP contribution in [-0.2, 0) is 4.79 Å². The lowest BCUT2D eigenvalue weighted by molar-refractivity contribution is -0.138. The first kappa shape index (κ1) is 13.6. The van der Waals surface area contributed by atoms with Crippen LogP contribution in [0.1, 0.15) is 26.2 Å². The van der Waals surface area contributed by atoms with E-state index in [1.165, 1.54) is 12.1 Å². The van der Waals surface area contributed by atoms with Crippen molar-refractivity contribution in [1.82, 2.24) is 4.90 Å². The van der Waals surface area contributed by atoms with Crippen molar-refractivity contribution >= 4 is 11.6 Å². The SMILES string of the molecule is CC(Oc1c(N)cccc1F)C(=O)N1CCCCC1. The van der Waals surface area contributed by atoms with Crippen LogP contribution in [0.15, 0.2) is 18.2 Å². The minimum Gasteiger partial charge on any atom is -0.476 e. The van der Waals surface area contributed by atoms with Crippen molar-refractivity contribution in [1.29, 1.82) is 0 Å². The first-order valence-corrected chi connectivity index (χ1v) is 6.59. The number of carbonyl (C=O) groups is 1. The Morgan fingerprint density at radius 2 is 2.05 bits per heavy atom. The fourth-order valence-electron chi connectivity index (χ4n) is 2.25. The second kappa shape index (κ2) is 5.91. The van der Waals surface area contributed by atoms with E-state index in [9.17, 15) is 9.18 Å². The lowest BCUT2D eigenvalue weighted by atomic mass is 10.1. The van der Waals surface area contributed by atoms with Crippen LogP contribution in [0.4, 0.5) is 10.1 Å². The molecule has 5 heteroatoms. The molecule has 1 atom stereocenters. The summed E-state index contributed by atoms with van der Waals surface area (Å²) in [5.41, 5.74) is 5.87. The molecule has 1 fully saturated rings. The number of nitrogens with two attached hydrogens (primary N) is 1. The Labute approximate surface area is 112 Å². The Bertz CT molecular complexity index is 439. The summed E-state index contributed by atoms with van der Waals surface area (Å²) in [6.07, 6.45) is 2.46. The second-order valence-electron chi connectivity index (χ2n) is 4.80. The van der Waals surface area contributed by atoms with Crippen molar-refractivity contribution < 1.29 is 13.9 Å². The molecule has 1 heterocycles. The Morgan fingerprint density at radius 1 is 1.37 bits per heavy atom. The van der Waals surface area contributed by atoms with E-state index in [2.05, 4.69) is 0 Å². The maximum Gasteiger partial charge on any atom is 0.263 e. The first-order valence-electron chi connectivity index (χ1n) is 6.59. The zero-order valence-corrected chi connectivity index (χ0v) is 11.1. The third kappa shape index (κ3) is 3.16. The lowest BCUT2D eigenvalue weighted by Gasteiger charge is -2.29. The lowest BCUT2D eigenvalue weighted by Crippen LogP contribution is -2.43. The minimum atomic E-state index is -0.725. The van der Waals surface area contributed by atoms with Crippen molar-refractivity contribution in [3.8, 4) is 5.75 Å². The summed E-state index contributed by atoms with van der Waals surface area (Å²) in [5, 5.41) is 0. The molecule has 0 bridgehead atoms. The number of ether oxygens (including phenoxy) is 1. The molecule has 104 valence electrons. The van der Waals surface area contributed by atoms with Gasteiger partial charge in [0.2, 0.25) is 0 Å². The van der Waals surface area contributed by atoms with Crippen molar-refractivity contribution in [3.63, 3.8) is 0 Å². The van der Waals surface area contributed by atoms with Gasteiger partial charge in [-0.3, -0.25) is 4.79 Å². The van der Waals surface area contributed by atoms with E-state index in [0.717, 1.165) is 32.4 Å². The number of carbonyl (C=O) groups excluding carboxylic acids is 1. The van der Waals surface area contributed by atoms with Gasteiger partial charge in [0.05, 0.1) is 5.69 Å². The Morgan fingerprint density at radius 3 is 2.68 bits per heavy atom. The van der Waals surface area contributed by atoms with E-state index in [1.54, 1.807) is 17.9 Å². The molecule has 2 rings (SSSR count). The van der Waals surface area contributed by atoms with E-state index in [-0.39, 0.29) is 17.3 Å². The number of rotatable bonds is 3. The minimum absolute atomic E-state index is 0.0413. The Hall–Kier alpha value is -1.78. The third-order valence-electron chi connectivity index (χ3n) is 3.31. The van der Waals surface area contributed by atoms with Gasteiger partial charge in [-0.25, -0.2) is 4.39 Å². The third-order valence-corrected chi connectivity index (χ3v) is 3.31. The molecule has 1 unspecified atom stereocenters. The van der Waals surface area contributed by atoms with Crippen molar-refractivity contribution in [2.75, 3.05) is 18.8 Å². The van der Waals surface area contributed by atoms with Crippen LogP contribution in [0.5, 0.6) is 5.75 Å². The highest BCUT2D eigenvalue weighted by molar-refractivity contribution is 5.81. The molecule has 1 amide bonds. The zero-order valence-electron chi connectivity index (χ0n) is 11.1. The van der Waals surface area contributed by atoms with Gasteiger partial charge >= 0.3 is 0 Å². The fraction of sp³-hybridized carbons (Fsp3) is 0.500. The maximum absolute atomic E-state index is 13.6. The van der Waals surface area contributed by atoms with E-state index >= 15 is 0 Å². The number of hydrogen-bond acceptors (Lipinski definition) is 3. The number of para-hydroxylation sites is 1. The average Bonchev–Trinajstić information content (AvgIpc) is 2.43. The van der Waals surface area contributed by atoms with Crippen molar-refractivity contribution in [2.45, 2.75) is 32.3 Å². The van der Waals surface area contributed by atoms with E-state index in [1.807, 2.05) is 0 Å². The zero-order chi connectivity index (χ0) is 13.8. The van der Waals surface area contributed by atoms with Crippen LogP contribution in [0.3, 0.4) is 0 Å². The van der Waals surface area contributed by atoms with Crippen molar-refractivity contribution in [2.24, 2.45) is 0 Å². The molecular formula is C14H19FN2O2. The van der Waals surface area contributed by atoms with Gasteiger partial charge in [-0.1, -0.05) is 6.07 Å². The van der Waals surface area contributed by atoms with Gasteiger partial charge in [-0.05, 0) is 38.3 Å². The van der Waals surface area contributed by atoms with Crippen LogP contribution < -0.4 is 10.5 Å². The molecular weight excluding hydrogens is 247 g/mol. The summed E-state index contributed by atoms with van der Waals surface area (Å²) >= 11 is 0. The predicted molar refractivity (Wildman–Crippen MR) is 71.3 cm³/mol. The summed E-state index contributed by atoms with van der Waals surface area (Å²) < 4.78 is 19.0. The van der Waals surface area contributed by atoms with Crippen molar-refractivity contribution in [3.05, 3.63) is 24.0 Å². The molecule has 1 saturated heterocycles. The van der Waals surface area contributed by atoms with E-state index < -0.39 is 11.9 Å². The Kier molecular flexibility index (Phi) is 4.24. The van der Waals surface area contributed by atoms with E-state index in [4.69, 9.17) is 10.5 Å². The van der Waals surface area contributed by atoms with Gasteiger partial charge in [0.15, 0.2) is 17.7 Å². The average molecular weight is 266 g/mol. The molecule has 0 saturated carbocycles. The second-order valence-corrected chi connectivity index (χ2v) is 4.80. The molecule has 0 spiro atoms. The number of piperidine rings is 1. The van der Waals surface area contributed by atoms with Crippen LogP contribution in [0.25, 0.3) is 0 Å². The van der Waals surface area contributed by atoms with Gasteiger partial charge in [0, 0.05) is 13.1 Å². The molecule has 1 aliphatic heterocycles. The summed E-state index contributed by atoms with van der Waals surface area (Å²) in [5.74, 6) is -0.694. The Balaban J connectivity index is 2.03. The van der Waals surface area contributed by atoms with Gasteiger partial charge < -0.3 is 15.4 Å². The van der Waals surface area contributed by atoms with Crippen LogP contribution >= 0.6 is 0 Å². The predicted octanol–water partition coefficient (Wildman–Crippen LogP) is 2.19. The number of hydrogen-bond donors (Lipinski definition) is 1. The number of nitrogens with zero attached hydrogens (tertiary/aromatic N) is 1. The fourth-order valence-corrected chi connectivity index (χ4v) is 2.25. The quantitative estimate of drug-likeness (QED) is 0.853.